The van der Waals surface area contributed by atoms with E-state index >= 15 is 0 Å². The number of rotatable bonds is 7. The molecule has 0 saturated heterocycles. The van der Waals surface area contributed by atoms with Gasteiger partial charge in [0, 0.05) is 17.2 Å². The van der Waals surface area contributed by atoms with Crippen LogP contribution in [-0.4, -0.2) is 36.3 Å². The number of aromatic amines is 1. The van der Waals surface area contributed by atoms with E-state index in [1.165, 1.54) is 0 Å². The summed E-state index contributed by atoms with van der Waals surface area (Å²) in [7, 11) is 4.93. The van der Waals surface area contributed by atoms with Crippen molar-refractivity contribution in [3.63, 3.8) is 0 Å². The number of hydrogen-bond donors (Lipinski definition) is 1. The van der Waals surface area contributed by atoms with Crippen LogP contribution < -0.4 is 14.2 Å². The quantitative estimate of drug-likeness (QED) is 0.430. The fraction of sp³-hybridized carbons (Fsp3) is 0.200. The van der Waals surface area contributed by atoms with Crippen LogP contribution in [0.1, 0.15) is 5.69 Å². The molecule has 2 aromatic carbocycles. The lowest BCUT2D eigenvalue weighted by Gasteiger charge is -2.10. The van der Waals surface area contributed by atoms with E-state index in [1.807, 2.05) is 36.4 Å². The molecule has 0 aliphatic carbocycles. The highest BCUT2D eigenvalue weighted by molar-refractivity contribution is 7.98. The minimum absolute atomic E-state index is 0.698. The Labute approximate surface area is 170 Å². The molecule has 2 aromatic heterocycles. The Morgan fingerprint density at radius 1 is 1.04 bits per heavy atom. The smallest absolute Gasteiger partial charge is 0.170 e. The Balaban J connectivity index is 1.51. The van der Waals surface area contributed by atoms with Gasteiger partial charge in [-0.2, -0.15) is 0 Å². The Kier molecular flexibility index (Phi) is 5.40. The number of H-pyrrole nitrogens is 1. The maximum Gasteiger partial charge on any atom is 0.170 e. The molecule has 0 radical (unpaired) electrons. The second-order valence-electron chi connectivity index (χ2n) is 5.90. The zero-order valence-electron chi connectivity index (χ0n) is 15.7. The summed E-state index contributed by atoms with van der Waals surface area (Å²) in [5, 5.41) is 3.82. The van der Waals surface area contributed by atoms with Gasteiger partial charge in [-0.15, -0.1) is 11.3 Å². The van der Waals surface area contributed by atoms with Crippen molar-refractivity contribution in [3.05, 3.63) is 47.5 Å². The summed E-state index contributed by atoms with van der Waals surface area (Å²) in [4.78, 5) is 12.7. The molecule has 0 aliphatic heterocycles. The number of aromatic nitrogens is 3. The predicted octanol–water partition coefficient (Wildman–Crippen LogP) is 5.00. The van der Waals surface area contributed by atoms with Crippen LogP contribution in [0.5, 0.6) is 17.2 Å². The molecule has 0 amide bonds. The molecule has 8 heteroatoms. The second kappa shape index (κ2) is 8.12. The standard InChI is InChI=1S/C20H19N3O3S2/c1-24-13-7-8-15-16(9-13)23-20(22-15)28-11-12-10-27-19(21-12)14-5-4-6-17(25-2)18(14)26-3/h4-10H,11H2,1-3H3,(H,22,23). The first kappa shape index (κ1) is 18.6. The molecule has 0 unspecified atom stereocenters. The summed E-state index contributed by atoms with van der Waals surface area (Å²) >= 11 is 3.21. The Hall–Kier alpha value is -2.71. The topological polar surface area (TPSA) is 69.3 Å². The van der Waals surface area contributed by atoms with Gasteiger partial charge in [-0.1, -0.05) is 17.8 Å². The molecule has 144 valence electrons. The van der Waals surface area contributed by atoms with Gasteiger partial charge in [0.25, 0.3) is 0 Å². The van der Waals surface area contributed by atoms with Gasteiger partial charge in [0.05, 0.1) is 43.6 Å². The van der Waals surface area contributed by atoms with E-state index in [0.29, 0.717) is 11.5 Å². The summed E-state index contributed by atoms with van der Waals surface area (Å²) in [5.41, 5.74) is 3.80. The average molecular weight is 414 g/mol. The number of thioether (sulfide) groups is 1. The molecule has 0 bridgehead atoms. The van der Waals surface area contributed by atoms with E-state index in [4.69, 9.17) is 19.2 Å². The predicted molar refractivity (Wildman–Crippen MR) is 113 cm³/mol. The van der Waals surface area contributed by atoms with E-state index in [-0.39, 0.29) is 0 Å². The molecule has 0 fully saturated rings. The summed E-state index contributed by atoms with van der Waals surface area (Å²) in [6, 6.07) is 11.6. The van der Waals surface area contributed by atoms with Crippen molar-refractivity contribution in [2.45, 2.75) is 10.9 Å². The summed E-state index contributed by atoms with van der Waals surface area (Å²) < 4.78 is 16.2. The Morgan fingerprint density at radius 2 is 1.93 bits per heavy atom. The maximum absolute atomic E-state index is 5.52. The number of benzene rings is 2. The van der Waals surface area contributed by atoms with Crippen molar-refractivity contribution >= 4 is 34.1 Å². The molecule has 28 heavy (non-hydrogen) atoms. The van der Waals surface area contributed by atoms with Crippen LogP contribution in [0.3, 0.4) is 0 Å². The molecule has 0 atom stereocenters. The van der Waals surface area contributed by atoms with Gasteiger partial charge in [-0.05, 0) is 24.3 Å². The Morgan fingerprint density at radius 3 is 2.71 bits per heavy atom. The van der Waals surface area contributed by atoms with Gasteiger partial charge >= 0.3 is 0 Å². The molecule has 0 spiro atoms. The highest BCUT2D eigenvalue weighted by Gasteiger charge is 2.15. The van der Waals surface area contributed by atoms with Crippen molar-refractivity contribution < 1.29 is 14.2 Å². The third-order valence-corrected chi connectivity index (χ3v) is 6.04. The van der Waals surface area contributed by atoms with Crippen LogP contribution in [0.2, 0.25) is 0 Å². The number of thiazole rings is 1. The second-order valence-corrected chi connectivity index (χ2v) is 7.72. The van der Waals surface area contributed by atoms with Gasteiger partial charge in [0.1, 0.15) is 10.8 Å². The van der Waals surface area contributed by atoms with Crippen LogP contribution in [0, 0.1) is 0 Å². The van der Waals surface area contributed by atoms with Crippen molar-refractivity contribution in [1.82, 2.24) is 15.0 Å². The van der Waals surface area contributed by atoms with Gasteiger partial charge in [-0.3, -0.25) is 0 Å². The van der Waals surface area contributed by atoms with Crippen LogP contribution in [0.4, 0.5) is 0 Å². The van der Waals surface area contributed by atoms with Crippen LogP contribution in [0.15, 0.2) is 46.9 Å². The van der Waals surface area contributed by atoms with Crippen molar-refractivity contribution in [2.75, 3.05) is 21.3 Å². The number of methoxy groups -OCH3 is 3. The fourth-order valence-corrected chi connectivity index (χ4v) is 4.58. The lowest BCUT2D eigenvalue weighted by molar-refractivity contribution is 0.356. The van der Waals surface area contributed by atoms with E-state index in [1.54, 1.807) is 44.4 Å². The fourth-order valence-electron chi connectivity index (χ4n) is 2.86. The molecule has 2 heterocycles. The monoisotopic (exact) mass is 413 g/mol. The average Bonchev–Trinajstić information content (AvgIpc) is 3.37. The highest BCUT2D eigenvalue weighted by atomic mass is 32.2. The normalized spacial score (nSPS) is 11.0. The van der Waals surface area contributed by atoms with Crippen LogP contribution >= 0.6 is 23.1 Å². The summed E-state index contributed by atoms with van der Waals surface area (Å²) in [5.74, 6) is 2.93. The molecule has 4 rings (SSSR count). The van der Waals surface area contributed by atoms with Crippen LogP contribution in [0.25, 0.3) is 21.6 Å². The third-order valence-electron chi connectivity index (χ3n) is 4.21. The molecule has 6 nitrogen and oxygen atoms in total. The SMILES string of the molecule is COc1ccc2nc(SCc3csc(-c4cccc(OC)c4OC)n3)[nH]c2c1. The van der Waals surface area contributed by atoms with E-state index in [0.717, 1.165) is 44.0 Å². The number of para-hydroxylation sites is 1. The minimum atomic E-state index is 0.698. The highest BCUT2D eigenvalue weighted by Crippen LogP contribution is 2.39. The van der Waals surface area contributed by atoms with Gasteiger partial charge < -0.3 is 19.2 Å². The van der Waals surface area contributed by atoms with E-state index < -0.39 is 0 Å². The summed E-state index contributed by atoms with van der Waals surface area (Å²) in [6.07, 6.45) is 0. The van der Waals surface area contributed by atoms with Gasteiger partial charge in [-0.25, -0.2) is 9.97 Å². The molecule has 4 aromatic rings. The third kappa shape index (κ3) is 3.65. The van der Waals surface area contributed by atoms with Gasteiger partial charge in [0.15, 0.2) is 16.7 Å². The van der Waals surface area contributed by atoms with Crippen LogP contribution in [-0.2, 0) is 5.75 Å². The molecule has 0 saturated carbocycles. The lowest BCUT2D eigenvalue weighted by Crippen LogP contribution is -1.93. The van der Waals surface area contributed by atoms with Crippen molar-refractivity contribution in [1.29, 1.82) is 0 Å². The Bertz CT molecular complexity index is 1110. The number of hydrogen-bond acceptors (Lipinski definition) is 7. The summed E-state index contributed by atoms with van der Waals surface area (Å²) in [6.45, 7) is 0. The minimum Gasteiger partial charge on any atom is -0.497 e. The first-order valence-corrected chi connectivity index (χ1v) is 10.4. The lowest BCUT2D eigenvalue weighted by atomic mass is 10.2. The number of nitrogens with one attached hydrogen (secondary N) is 1. The zero-order valence-corrected chi connectivity index (χ0v) is 17.3. The first-order chi connectivity index (χ1) is 13.7. The van der Waals surface area contributed by atoms with Crippen molar-refractivity contribution in [2.24, 2.45) is 0 Å². The maximum atomic E-state index is 5.52. The number of fused-ring (bicyclic) bond motifs is 1. The molecular weight excluding hydrogens is 394 g/mol. The number of ether oxygens (including phenoxy) is 3. The van der Waals surface area contributed by atoms with E-state index in [2.05, 4.69) is 15.3 Å². The molecule has 0 aliphatic rings. The van der Waals surface area contributed by atoms with Crippen molar-refractivity contribution in [3.8, 4) is 27.8 Å². The number of imidazole rings is 1. The van der Waals surface area contributed by atoms with Gasteiger partial charge in [0.2, 0.25) is 0 Å². The zero-order chi connectivity index (χ0) is 19.5. The molecule has 1 N–H and O–H groups in total. The largest absolute Gasteiger partial charge is 0.497 e. The molecular formula is C20H19N3O3S2. The number of nitrogens with zero attached hydrogens (tertiary/aromatic N) is 2. The first-order valence-electron chi connectivity index (χ1n) is 8.54. The van der Waals surface area contributed by atoms with E-state index in [9.17, 15) is 0 Å².